The minimum absolute atomic E-state index is 0.194. The van der Waals surface area contributed by atoms with Crippen molar-refractivity contribution in [2.24, 2.45) is 0 Å². The second kappa shape index (κ2) is 5.87. The number of aryl methyl sites for hydroxylation is 2. The molecule has 3 nitrogen and oxygen atoms in total. The van der Waals surface area contributed by atoms with Gasteiger partial charge in [-0.2, -0.15) is 5.10 Å². The first-order chi connectivity index (χ1) is 9.56. The van der Waals surface area contributed by atoms with E-state index in [0.29, 0.717) is 5.56 Å². The Kier molecular flexibility index (Phi) is 4.18. The van der Waals surface area contributed by atoms with Crippen LogP contribution in [0.15, 0.2) is 37.1 Å². The number of carbonyl (C=O) groups excluding carboxylic acids is 1. The zero-order valence-electron chi connectivity index (χ0n) is 12.3. The highest BCUT2D eigenvalue weighted by atomic mass is 16.1. The van der Waals surface area contributed by atoms with Crippen molar-refractivity contribution in [2.75, 3.05) is 0 Å². The summed E-state index contributed by atoms with van der Waals surface area (Å²) >= 11 is 0. The third-order valence-electron chi connectivity index (χ3n) is 3.50. The first kappa shape index (κ1) is 14.3. The van der Waals surface area contributed by atoms with Gasteiger partial charge in [-0.15, -0.1) is 6.58 Å². The van der Waals surface area contributed by atoms with Gasteiger partial charge in [0.05, 0.1) is 16.9 Å². The number of carbonyl (C=O) groups is 1. The summed E-state index contributed by atoms with van der Waals surface area (Å²) < 4.78 is 1.81. The molecule has 0 bridgehead atoms. The molecular weight excluding hydrogens is 248 g/mol. The first-order valence-corrected chi connectivity index (χ1v) is 6.80. The van der Waals surface area contributed by atoms with E-state index in [1.54, 1.807) is 4.68 Å². The zero-order chi connectivity index (χ0) is 14.7. The van der Waals surface area contributed by atoms with Crippen LogP contribution in [0.2, 0.25) is 0 Å². The van der Waals surface area contributed by atoms with E-state index >= 15 is 0 Å². The lowest BCUT2D eigenvalue weighted by Crippen LogP contribution is -2.01. The predicted molar refractivity (Wildman–Crippen MR) is 81.7 cm³/mol. The van der Waals surface area contributed by atoms with Gasteiger partial charge < -0.3 is 0 Å². The third-order valence-corrected chi connectivity index (χ3v) is 3.50. The van der Waals surface area contributed by atoms with E-state index in [1.165, 1.54) is 5.56 Å². The summed E-state index contributed by atoms with van der Waals surface area (Å²) in [7, 11) is 0. The monoisotopic (exact) mass is 268 g/mol. The molecule has 0 fully saturated rings. The standard InChI is InChI=1S/C17H20N2O/c1-5-6-14(4)17-15(11-20)10-19(18-17)16-9-12(2)7-8-13(16)3/h5,7-11,14H,1,6H2,2-4H3. The fourth-order valence-electron chi connectivity index (χ4n) is 2.33. The number of aldehydes is 1. The molecular formula is C17H20N2O. The Bertz CT molecular complexity index is 640. The van der Waals surface area contributed by atoms with Gasteiger partial charge in [-0.05, 0) is 37.5 Å². The van der Waals surface area contributed by atoms with Crippen molar-refractivity contribution in [3.8, 4) is 5.69 Å². The van der Waals surface area contributed by atoms with E-state index in [2.05, 4.69) is 36.8 Å². The second-order valence-corrected chi connectivity index (χ2v) is 5.25. The SMILES string of the molecule is C=CCC(C)c1nn(-c2cc(C)ccc2C)cc1C=O. The maximum atomic E-state index is 11.3. The van der Waals surface area contributed by atoms with Crippen molar-refractivity contribution in [1.29, 1.82) is 0 Å². The van der Waals surface area contributed by atoms with E-state index in [-0.39, 0.29) is 5.92 Å². The number of allylic oxidation sites excluding steroid dienone is 1. The van der Waals surface area contributed by atoms with Crippen LogP contribution in [0.3, 0.4) is 0 Å². The molecule has 0 N–H and O–H groups in total. The molecule has 0 amide bonds. The number of rotatable bonds is 5. The summed E-state index contributed by atoms with van der Waals surface area (Å²) in [6, 6.07) is 6.23. The van der Waals surface area contributed by atoms with Crippen LogP contribution in [0.5, 0.6) is 0 Å². The van der Waals surface area contributed by atoms with E-state index in [4.69, 9.17) is 0 Å². The summed E-state index contributed by atoms with van der Waals surface area (Å²) in [5, 5.41) is 4.61. The Balaban J connectivity index is 2.50. The Hall–Kier alpha value is -2.16. The van der Waals surface area contributed by atoms with Crippen LogP contribution >= 0.6 is 0 Å². The minimum atomic E-state index is 0.194. The maximum absolute atomic E-state index is 11.3. The fourth-order valence-corrected chi connectivity index (χ4v) is 2.33. The molecule has 0 saturated carbocycles. The average molecular weight is 268 g/mol. The lowest BCUT2D eigenvalue weighted by atomic mass is 10.0. The molecule has 1 heterocycles. The van der Waals surface area contributed by atoms with Crippen molar-refractivity contribution < 1.29 is 4.79 Å². The molecule has 1 aromatic carbocycles. The maximum Gasteiger partial charge on any atom is 0.153 e. The second-order valence-electron chi connectivity index (χ2n) is 5.25. The van der Waals surface area contributed by atoms with Gasteiger partial charge in [-0.25, -0.2) is 4.68 Å². The van der Waals surface area contributed by atoms with Crippen LogP contribution in [0.4, 0.5) is 0 Å². The molecule has 104 valence electrons. The number of aromatic nitrogens is 2. The molecule has 0 radical (unpaired) electrons. The Morgan fingerprint density at radius 3 is 2.80 bits per heavy atom. The van der Waals surface area contributed by atoms with Crippen molar-refractivity contribution in [3.63, 3.8) is 0 Å². The van der Waals surface area contributed by atoms with Gasteiger partial charge in [0.15, 0.2) is 6.29 Å². The highest BCUT2D eigenvalue weighted by Crippen LogP contribution is 2.23. The van der Waals surface area contributed by atoms with Crippen LogP contribution in [0.25, 0.3) is 5.69 Å². The molecule has 20 heavy (non-hydrogen) atoms. The van der Waals surface area contributed by atoms with E-state index in [1.807, 2.05) is 26.1 Å². The van der Waals surface area contributed by atoms with Crippen LogP contribution in [-0.4, -0.2) is 16.1 Å². The molecule has 0 aliphatic rings. The van der Waals surface area contributed by atoms with Gasteiger partial charge in [-0.1, -0.05) is 25.1 Å². The molecule has 0 aliphatic heterocycles. The van der Waals surface area contributed by atoms with Crippen LogP contribution < -0.4 is 0 Å². The molecule has 3 heteroatoms. The molecule has 0 aliphatic carbocycles. The van der Waals surface area contributed by atoms with E-state index in [0.717, 1.165) is 29.7 Å². The van der Waals surface area contributed by atoms with Crippen molar-refractivity contribution in [2.45, 2.75) is 33.1 Å². The average Bonchev–Trinajstić information content (AvgIpc) is 2.86. The molecule has 1 aromatic heterocycles. The van der Waals surface area contributed by atoms with Gasteiger partial charge in [0, 0.05) is 12.1 Å². The van der Waals surface area contributed by atoms with E-state index < -0.39 is 0 Å². The Morgan fingerprint density at radius 2 is 2.15 bits per heavy atom. The first-order valence-electron chi connectivity index (χ1n) is 6.80. The van der Waals surface area contributed by atoms with Crippen LogP contribution in [-0.2, 0) is 0 Å². The van der Waals surface area contributed by atoms with Gasteiger partial charge in [0.2, 0.25) is 0 Å². The van der Waals surface area contributed by atoms with Gasteiger partial charge >= 0.3 is 0 Å². The summed E-state index contributed by atoms with van der Waals surface area (Å²) in [5.41, 5.74) is 4.82. The van der Waals surface area contributed by atoms with Crippen molar-refractivity contribution in [3.05, 3.63) is 59.4 Å². The van der Waals surface area contributed by atoms with Gasteiger partial charge in [-0.3, -0.25) is 4.79 Å². The van der Waals surface area contributed by atoms with Crippen molar-refractivity contribution >= 4 is 6.29 Å². The number of hydrogen-bond acceptors (Lipinski definition) is 2. The molecule has 0 spiro atoms. The largest absolute Gasteiger partial charge is 0.298 e. The fraction of sp³-hybridized carbons (Fsp3) is 0.294. The number of hydrogen-bond donors (Lipinski definition) is 0. The van der Waals surface area contributed by atoms with Crippen molar-refractivity contribution in [1.82, 2.24) is 9.78 Å². The van der Waals surface area contributed by atoms with Gasteiger partial charge in [0.1, 0.15) is 0 Å². The Morgan fingerprint density at radius 1 is 1.40 bits per heavy atom. The Labute approximate surface area is 119 Å². The quantitative estimate of drug-likeness (QED) is 0.607. The summed E-state index contributed by atoms with van der Waals surface area (Å²) in [5.74, 6) is 0.194. The summed E-state index contributed by atoms with van der Waals surface area (Å²) in [4.78, 5) is 11.3. The lowest BCUT2D eigenvalue weighted by molar-refractivity contribution is 0.112. The molecule has 2 rings (SSSR count). The molecule has 1 unspecified atom stereocenters. The molecule has 2 aromatic rings. The zero-order valence-corrected chi connectivity index (χ0v) is 12.3. The minimum Gasteiger partial charge on any atom is -0.298 e. The lowest BCUT2D eigenvalue weighted by Gasteiger charge is -2.08. The highest BCUT2D eigenvalue weighted by Gasteiger charge is 2.15. The smallest absolute Gasteiger partial charge is 0.153 e. The van der Waals surface area contributed by atoms with E-state index in [9.17, 15) is 4.79 Å². The molecule has 0 saturated heterocycles. The van der Waals surface area contributed by atoms with Crippen LogP contribution in [0.1, 0.15) is 46.4 Å². The predicted octanol–water partition coefficient (Wildman–Crippen LogP) is 3.98. The number of nitrogens with zero attached hydrogens (tertiary/aromatic N) is 2. The molecule has 1 atom stereocenters. The highest BCUT2D eigenvalue weighted by molar-refractivity contribution is 5.76. The summed E-state index contributed by atoms with van der Waals surface area (Å²) in [6.07, 6.45) is 5.36. The van der Waals surface area contributed by atoms with Gasteiger partial charge in [0.25, 0.3) is 0 Å². The summed E-state index contributed by atoms with van der Waals surface area (Å²) in [6.45, 7) is 9.90. The number of benzene rings is 1. The third kappa shape index (κ3) is 2.72. The topological polar surface area (TPSA) is 34.9 Å². The normalized spacial score (nSPS) is 12.2. The van der Waals surface area contributed by atoms with Crippen LogP contribution in [0, 0.1) is 13.8 Å².